The van der Waals surface area contributed by atoms with Gasteiger partial charge in [0.15, 0.2) is 5.78 Å². The lowest BCUT2D eigenvalue weighted by Crippen LogP contribution is -2.02. The summed E-state index contributed by atoms with van der Waals surface area (Å²) in [6, 6.07) is 21.9. The van der Waals surface area contributed by atoms with Gasteiger partial charge in [-0.25, -0.2) is 0 Å². The fourth-order valence-corrected chi connectivity index (χ4v) is 3.20. The Bertz CT molecular complexity index is 865. The molecule has 3 aromatic carbocycles. The number of carbonyl (C=O) groups excluding carboxylic acids is 1. The number of Topliss-reactive ketones (excluding diaryl/α,β-unsaturated/α-hetero) is 1. The van der Waals surface area contributed by atoms with Gasteiger partial charge in [0, 0.05) is 5.56 Å². The van der Waals surface area contributed by atoms with Gasteiger partial charge >= 0.3 is 0 Å². The summed E-state index contributed by atoms with van der Waals surface area (Å²) >= 11 is 0. The van der Waals surface area contributed by atoms with Crippen LogP contribution in [-0.2, 0) is 6.42 Å². The zero-order chi connectivity index (χ0) is 17.1. The second-order valence-electron chi connectivity index (χ2n) is 6.04. The number of aromatic hydroxyl groups is 1. The molecule has 2 heteroatoms. The number of phenolic OH excluding ortho intramolecular Hbond substituents is 1. The monoisotopic (exact) mass is 316 g/mol. The minimum atomic E-state index is -0.117. The van der Waals surface area contributed by atoms with Crippen LogP contribution in [0.1, 0.15) is 34.0 Å². The molecule has 0 aliphatic heterocycles. The molecule has 1 N–H and O–H groups in total. The zero-order valence-electron chi connectivity index (χ0n) is 13.9. The first-order chi connectivity index (χ1) is 11.6. The number of carbonyl (C=O) groups is 1. The Hall–Kier alpha value is -2.87. The first kappa shape index (κ1) is 16.0. The van der Waals surface area contributed by atoms with Crippen molar-refractivity contribution >= 4 is 5.78 Å². The van der Waals surface area contributed by atoms with Crippen molar-refractivity contribution in [3.8, 4) is 16.9 Å². The fraction of sp³-hybridized carbons (Fsp3) is 0.136. The van der Waals surface area contributed by atoms with Crippen LogP contribution >= 0.6 is 0 Å². The minimum absolute atomic E-state index is 0.0830. The number of hydrogen-bond donors (Lipinski definition) is 1. The predicted octanol–water partition coefficient (Wildman–Crippen LogP) is 5.16. The number of benzene rings is 3. The van der Waals surface area contributed by atoms with E-state index < -0.39 is 0 Å². The van der Waals surface area contributed by atoms with Crippen LogP contribution < -0.4 is 0 Å². The van der Waals surface area contributed by atoms with Crippen molar-refractivity contribution in [3.63, 3.8) is 0 Å². The van der Waals surface area contributed by atoms with Crippen LogP contribution in [0.4, 0.5) is 0 Å². The third-order valence-electron chi connectivity index (χ3n) is 4.23. The molecule has 0 aliphatic carbocycles. The van der Waals surface area contributed by atoms with E-state index in [1.54, 1.807) is 0 Å². The zero-order valence-corrected chi connectivity index (χ0v) is 13.9. The van der Waals surface area contributed by atoms with Crippen molar-refractivity contribution in [1.82, 2.24) is 0 Å². The molecule has 0 amide bonds. The molecule has 0 atom stereocenters. The highest BCUT2D eigenvalue weighted by atomic mass is 16.3. The second kappa shape index (κ2) is 6.71. The summed E-state index contributed by atoms with van der Waals surface area (Å²) in [4.78, 5) is 12.0. The van der Waals surface area contributed by atoms with Crippen molar-refractivity contribution in [1.29, 1.82) is 0 Å². The van der Waals surface area contributed by atoms with E-state index in [4.69, 9.17) is 0 Å². The highest BCUT2D eigenvalue weighted by Gasteiger charge is 2.19. The van der Waals surface area contributed by atoms with E-state index in [0.717, 1.165) is 22.3 Å². The fourth-order valence-electron chi connectivity index (χ4n) is 3.20. The van der Waals surface area contributed by atoms with Crippen LogP contribution in [0, 0.1) is 6.92 Å². The summed E-state index contributed by atoms with van der Waals surface area (Å²) in [7, 11) is 0. The Morgan fingerprint density at radius 1 is 0.958 bits per heavy atom. The molecule has 0 unspecified atom stereocenters. The van der Waals surface area contributed by atoms with Crippen LogP contribution in [-0.4, -0.2) is 10.9 Å². The van der Waals surface area contributed by atoms with Gasteiger partial charge < -0.3 is 5.11 Å². The molecule has 0 spiro atoms. The number of hydrogen-bond acceptors (Lipinski definition) is 2. The maximum atomic E-state index is 12.0. The van der Waals surface area contributed by atoms with Gasteiger partial charge in [-0.3, -0.25) is 4.79 Å². The SMILES string of the molecule is CC(=O)c1c(C)cc(Cc2ccccc2)c(-c2ccccc2)c1O. The first-order valence-corrected chi connectivity index (χ1v) is 8.03. The van der Waals surface area contributed by atoms with Crippen molar-refractivity contribution in [3.05, 3.63) is 89.0 Å². The first-order valence-electron chi connectivity index (χ1n) is 8.03. The summed E-state index contributed by atoms with van der Waals surface area (Å²) in [6.45, 7) is 3.37. The van der Waals surface area contributed by atoms with Gasteiger partial charge in [0.1, 0.15) is 5.75 Å². The van der Waals surface area contributed by atoms with E-state index in [0.29, 0.717) is 12.0 Å². The lowest BCUT2D eigenvalue weighted by Gasteiger charge is -2.17. The average molecular weight is 316 g/mol. The number of ketones is 1. The third-order valence-corrected chi connectivity index (χ3v) is 4.23. The van der Waals surface area contributed by atoms with E-state index in [2.05, 4.69) is 12.1 Å². The molecule has 120 valence electrons. The molecule has 3 aromatic rings. The molecular weight excluding hydrogens is 296 g/mol. The number of phenols is 1. The van der Waals surface area contributed by atoms with E-state index in [1.807, 2.05) is 61.5 Å². The molecule has 0 saturated carbocycles. The van der Waals surface area contributed by atoms with Crippen LogP contribution in [0.3, 0.4) is 0 Å². The lowest BCUT2D eigenvalue weighted by molar-refractivity contribution is 0.101. The topological polar surface area (TPSA) is 37.3 Å². The Morgan fingerprint density at radius 2 is 1.54 bits per heavy atom. The average Bonchev–Trinajstić information content (AvgIpc) is 2.56. The van der Waals surface area contributed by atoms with Gasteiger partial charge in [0.2, 0.25) is 0 Å². The smallest absolute Gasteiger partial charge is 0.163 e. The van der Waals surface area contributed by atoms with Crippen molar-refractivity contribution in [2.45, 2.75) is 20.3 Å². The molecule has 0 saturated heterocycles. The van der Waals surface area contributed by atoms with Gasteiger partial charge in [-0.05, 0) is 42.5 Å². The standard InChI is InChI=1S/C22H20O2/c1-15-13-19(14-17-9-5-3-6-10-17)21(18-11-7-4-8-12-18)22(24)20(15)16(2)23/h3-13,24H,14H2,1-2H3. The Balaban J connectivity index is 2.22. The van der Waals surface area contributed by atoms with Crippen LogP contribution in [0.25, 0.3) is 11.1 Å². The largest absolute Gasteiger partial charge is 0.507 e. The van der Waals surface area contributed by atoms with Gasteiger partial charge in [0.05, 0.1) is 5.56 Å². The van der Waals surface area contributed by atoms with Crippen LogP contribution in [0.15, 0.2) is 66.7 Å². The summed E-state index contributed by atoms with van der Waals surface area (Å²) in [6.07, 6.45) is 0.706. The van der Waals surface area contributed by atoms with Gasteiger partial charge in [0.25, 0.3) is 0 Å². The molecule has 24 heavy (non-hydrogen) atoms. The number of aryl methyl sites for hydroxylation is 1. The van der Waals surface area contributed by atoms with E-state index in [-0.39, 0.29) is 11.5 Å². The molecular formula is C22H20O2. The van der Waals surface area contributed by atoms with Crippen molar-refractivity contribution in [2.75, 3.05) is 0 Å². The molecule has 3 rings (SSSR count). The van der Waals surface area contributed by atoms with Crippen molar-refractivity contribution in [2.24, 2.45) is 0 Å². The molecule has 0 fully saturated rings. The van der Waals surface area contributed by atoms with Gasteiger partial charge in [-0.2, -0.15) is 0 Å². The van der Waals surface area contributed by atoms with E-state index >= 15 is 0 Å². The Labute approximate surface area is 142 Å². The molecule has 2 nitrogen and oxygen atoms in total. The van der Waals surface area contributed by atoms with Crippen LogP contribution in [0.5, 0.6) is 5.75 Å². The normalized spacial score (nSPS) is 10.6. The molecule has 0 aromatic heterocycles. The predicted molar refractivity (Wildman–Crippen MR) is 97.5 cm³/mol. The molecule has 0 bridgehead atoms. The quantitative estimate of drug-likeness (QED) is 0.675. The number of rotatable bonds is 4. The Morgan fingerprint density at radius 3 is 2.12 bits per heavy atom. The molecule has 0 aliphatic rings. The summed E-state index contributed by atoms with van der Waals surface area (Å²) in [5, 5.41) is 10.8. The van der Waals surface area contributed by atoms with Crippen LogP contribution in [0.2, 0.25) is 0 Å². The van der Waals surface area contributed by atoms with Crippen molar-refractivity contribution < 1.29 is 9.90 Å². The van der Waals surface area contributed by atoms with E-state index in [1.165, 1.54) is 12.5 Å². The maximum absolute atomic E-state index is 12.0. The summed E-state index contributed by atoms with van der Waals surface area (Å²) < 4.78 is 0. The summed E-state index contributed by atoms with van der Waals surface area (Å²) in [5.41, 5.74) is 5.08. The minimum Gasteiger partial charge on any atom is -0.507 e. The maximum Gasteiger partial charge on any atom is 0.163 e. The van der Waals surface area contributed by atoms with E-state index in [9.17, 15) is 9.90 Å². The second-order valence-corrected chi connectivity index (χ2v) is 6.04. The molecule has 0 radical (unpaired) electrons. The highest BCUT2D eigenvalue weighted by Crippen LogP contribution is 2.38. The third kappa shape index (κ3) is 3.09. The summed E-state index contributed by atoms with van der Waals surface area (Å²) in [5.74, 6) is -0.0342. The molecule has 0 heterocycles. The van der Waals surface area contributed by atoms with Gasteiger partial charge in [-0.15, -0.1) is 0 Å². The highest BCUT2D eigenvalue weighted by molar-refractivity contribution is 6.01. The lowest BCUT2D eigenvalue weighted by atomic mass is 9.88. The van der Waals surface area contributed by atoms with Gasteiger partial charge in [-0.1, -0.05) is 66.7 Å². The Kier molecular flexibility index (Phi) is 4.48.